The number of carboxylic acids is 1. The minimum Gasteiger partial charge on any atom is -0.481 e. The summed E-state index contributed by atoms with van der Waals surface area (Å²) in [5.74, 6) is -0.788. The van der Waals surface area contributed by atoms with Gasteiger partial charge < -0.3 is 5.11 Å². The molecule has 2 nitrogen and oxygen atoms in total. The Morgan fingerprint density at radius 2 is 2.12 bits per heavy atom. The number of carboxylic acid groups (broad SMARTS) is 1. The normalized spacial score (nSPS) is 20.1. The summed E-state index contributed by atoms with van der Waals surface area (Å²) >= 11 is 0. The molecule has 1 aliphatic carbocycles. The molecule has 0 saturated carbocycles. The second-order valence-corrected chi connectivity index (χ2v) is 4.28. The van der Waals surface area contributed by atoms with Crippen molar-refractivity contribution in [3.63, 3.8) is 0 Å². The zero-order chi connectivity index (χ0) is 11.7. The maximum absolute atomic E-state index is 11.1. The molecule has 1 N–H and O–H groups in total. The van der Waals surface area contributed by atoms with E-state index in [9.17, 15) is 4.79 Å². The summed E-state index contributed by atoms with van der Waals surface area (Å²) in [5, 5.41) is 9.09. The fourth-order valence-electron chi connectivity index (χ4n) is 2.33. The molecule has 1 aromatic carbocycles. The molecular weight excluding hydrogens is 200 g/mol. The van der Waals surface area contributed by atoms with Crippen molar-refractivity contribution in [3.05, 3.63) is 41.5 Å². The van der Waals surface area contributed by atoms with Gasteiger partial charge in [0.2, 0.25) is 0 Å². The van der Waals surface area contributed by atoms with Gasteiger partial charge in [0.05, 0.1) is 5.92 Å². The van der Waals surface area contributed by atoms with Crippen LogP contribution in [0.2, 0.25) is 0 Å². The third-order valence-corrected chi connectivity index (χ3v) is 3.33. The van der Waals surface area contributed by atoms with E-state index in [1.54, 1.807) is 6.92 Å². The van der Waals surface area contributed by atoms with E-state index in [0.29, 0.717) is 5.92 Å². The van der Waals surface area contributed by atoms with Crippen LogP contribution in [0.5, 0.6) is 0 Å². The topological polar surface area (TPSA) is 37.3 Å². The van der Waals surface area contributed by atoms with E-state index < -0.39 is 11.9 Å². The fraction of sp³-hybridized carbons (Fsp3) is 0.357. The fourth-order valence-corrected chi connectivity index (χ4v) is 2.33. The first-order valence-electron chi connectivity index (χ1n) is 5.69. The van der Waals surface area contributed by atoms with E-state index in [2.05, 4.69) is 19.1 Å². The third kappa shape index (κ3) is 1.64. The average Bonchev–Trinajstić information content (AvgIpc) is 2.66. The maximum Gasteiger partial charge on any atom is 0.310 e. The van der Waals surface area contributed by atoms with E-state index in [1.165, 1.54) is 5.56 Å². The lowest BCUT2D eigenvalue weighted by atomic mass is 9.95. The van der Waals surface area contributed by atoms with Crippen LogP contribution in [0.15, 0.2) is 30.3 Å². The molecule has 0 aliphatic heterocycles. The van der Waals surface area contributed by atoms with Crippen LogP contribution in [0.25, 0.3) is 5.57 Å². The quantitative estimate of drug-likeness (QED) is 0.841. The average molecular weight is 216 g/mol. The molecule has 0 amide bonds. The lowest BCUT2D eigenvalue weighted by molar-refractivity contribution is -0.139. The van der Waals surface area contributed by atoms with Gasteiger partial charge in [0.25, 0.3) is 0 Å². The Morgan fingerprint density at radius 1 is 1.44 bits per heavy atom. The predicted octanol–water partition coefficient (Wildman–Crippen LogP) is 3.30. The minimum absolute atomic E-state index is 0.382. The number of allylic oxidation sites excluding steroid dienone is 1. The van der Waals surface area contributed by atoms with E-state index in [0.717, 1.165) is 17.6 Å². The molecule has 1 aromatic rings. The van der Waals surface area contributed by atoms with Crippen LogP contribution >= 0.6 is 0 Å². The predicted molar refractivity (Wildman–Crippen MR) is 64.3 cm³/mol. The van der Waals surface area contributed by atoms with Crippen LogP contribution in [0.1, 0.15) is 37.3 Å². The molecule has 1 aliphatic rings. The molecular formula is C14H16O2. The van der Waals surface area contributed by atoms with Gasteiger partial charge in [-0.1, -0.05) is 37.3 Å². The third-order valence-electron chi connectivity index (χ3n) is 3.33. The second kappa shape index (κ2) is 4.12. The molecule has 0 radical (unpaired) electrons. The van der Waals surface area contributed by atoms with Gasteiger partial charge in [-0.25, -0.2) is 0 Å². The number of hydrogen-bond donors (Lipinski definition) is 1. The van der Waals surface area contributed by atoms with Gasteiger partial charge in [-0.15, -0.1) is 0 Å². The minimum atomic E-state index is -0.752. The van der Waals surface area contributed by atoms with Crippen LogP contribution < -0.4 is 0 Å². The first-order chi connectivity index (χ1) is 7.65. The molecule has 2 atom stereocenters. The van der Waals surface area contributed by atoms with Crippen LogP contribution in [-0.4, -0.2) is 11.1 Å². The molecule has 2 unspecified atom stereocenters. The Labute approximate surface area is 95.6 Å². The first-order valence-corrected chi connectivity index (χ1v) is 5.69. The molecule has 16 heavy (non-hydrogen) atoms. The van der Waals surface area contributed by atoms with E-state index >= 15 is 0 Å². The van der Waals surface area contributed by atoms with Gasteiger partial charge in [0, 0.05) is 5.92 Å². The number of benzene rings is 1. The molecule has 2 rings (SSSR count). The van der Waals surface area contributed by atoms with Gasteiger partial charge in [-0.2, -0.15) is 0 Å². The second-order valence-electron chi connectivity index (χ2n) is 4.28. The van der Waals surface area contributed by atoms with Crippen molar-refractivity contribution >= 4 is 11.5 Å². The van der Waals surface area contributed by atoms with Gasteiger partial charge in [-0.3, -0.25) is 4.79 Å². The molecule has 84 valence electrons. The summed E-state index contributed by atoms with van der Waals surface area (Å²) in [4.78, 5) is 11.1. The Balaban J connectivity index is 2.45. The van der Waals surface area contributed by atoms with Crippen molar-refractivity contribution in [2.24, 2.45) is 5.92 Å². The molecule has 0 fully saturated rings. The van der Waals surface area contributed by atoms with Crippen molar-refractivity contribution < 1.29 is 9.90 Å². The molecule has 0 saturated heterocycles. The maximum atomic E-state index is 11.1. The summed E-state index contributed by atoms with van der Waals surface area (Å²) in [7, 11) is 0. The van der Waals surface area contributed by atoms with Gasteiger partial charge in [0.1, 0.15) is 0 Å². The molecule has 0 aromatic heterocycles. The number of hydrogen-bond acceptors (Lipinski definition) is 1. The van der Waals surface area contributed by atoms with Crippen molar-refractivity contribution in [1.29, 1.82) is 0 Å². The van der Waals surface area contributed by atoms with Crippen LogP contribution in [0.4, 0.5) is 0 Å². The number of carbonyl (C=O) groups is 1. The monoisotopic (exact) mass is 216 g/mol. The van der Waals surface area contributed by atoms with Gasteiger partial charge in [0.15, 0.2) is 0 Å². The van der Waals surface area contributed by atoms with E-state index in [-0.39, 0.29) is 0 Å². The van der Waals surface area contributed by atoms with Crippen molar-refractivity contribution in [3.8, 4) is 0 Å². The van der Waals surface area contributed by atoms with E-state index in [4.69, 9.17) is 5.11 Å². The summed E-state index contributed by atoms with van der Waals surface area (Å²) in [6.45, 7) is 3.88. The lowest BCUT2D eigenvalue weighted by Gasteiger charge is -2.10. The Morgan fingerprint density at radius 3 is 2.75 bits per heavy atom. The molecule has 2 heteroatoms. The SMILES string of the molecule is CCC1C=C(C(C)C(=O)O)c2ccccc21. The van der Waals surface area contributed by atoms with E-state index in [1.807, 2.05) is 18.2 Å². The summed E-state index contributed by atoms with van der Waals surface area (Å²) in [6, 6.07) is 8.11. The highest BCUT2D eigenvalue weighted by Crippen LogP contribution is 2.40. The largest absolute Gasteiger partial charge is 0.481 e. The van der Waals surface area contributed by atoms with Crippen molar-refractivity contribution in [2.45, 2.75) is 26.2 Å². The van der Waals surface area contributed by atoms with Crippen LogP contribution in [0, 0.1) is 5.92 Å². The molecule has 0 heterocycles. The standard InChI is InChI=1S/C14H16O2/c1-3-10-8-13(9(2)14(15)16)12-7-5-4-6-11(10)12/h4-10H,3H2,1-2H3,(H,15,16). The lowest BCUT2D eigenvalue weighted by Crippen LogP contribution is -2.10. The Bertz CT molecular complexity index is 446. The van der Waals surface area contributed by atoms with Crippen molar-refractivity contribution in [2.75, 3.05) is 0 Å². The highest BCUT2D eigenvalue weighted by molar-refractivity contribution is 5.90. The first kappa shape index (κ1) is 10.9. The highest BCUT2D eigenvalue weighted by atomic mass is 16.4. The number of fused-ring (bicyclic) bond motifs is 1. The Hall–Kier alpha value is -1.57. The number of aliphatic carboxylic acids is 1. The Kier molecular flexibility index (Phi) is 2.82. The zero-order valence-corrected chi connectivity index (χ0v) is 9.60. The molecule has 0 bridgehead atoms. The van der Waals surface area contributed by atoms with Crippen LogP contribution in [-0.2, 0) is 4.79 Å². The van der Waals surface area contributed by atoms with Gasteiger partial charge in [-0.05, 0) is 30.0 Å². The summed E-state index contributed by atoms with van der Waals surface area (Å²) in [5.41, 5.74) is 3.35. The van der Waals surface area contributed by atoms with Crippen molar-refractivity contribution in [1.82, 2.24) is 0 Å². The van der Waals surface area contributed by atoms with Gasteiger partial charge >= 0.3 is 5.97 Å². The summed E-state index contributed by atoms with van der Waals surface area (Å²) < 4.78 is 0. The number of rotatable bonds is 3. The summed E-state index contributed by atoms with van der Waals surface area (Å²) in [6.07, 6.45) is 3.14. The zero-order valence-electron chi connectivity index (χ0n) is 9.60. The van der Waals surface area contributed by atoms with Crippen LogP contribution in [0.3, 0.4) is 0 Å². The smallest absolute Gasteiger partial charge is 0.310 e. The molecule has 0 spiro atoms. The highest BCUT2D eigenvalue weighted by Gasteiger charge is 2.27.